The average Bonchev–Trinajstić information content (AvgIpc) is 2.84. The first kappa shape index (κ1) is 13.8. The molecule has 3 unspecified atom stereocenters. The van der Waals surface area contributed by atoms with E-state index in [1.54, 1.807) is 6.92 Å². The predicted molar refractivity (Wildman–Crippen MR) is 80.9 cm³/mol. The smallest absolute Gasteiger partial charge is 0.209 e. The Hall–Kier alpha value is 1.38. The number of ether oxygens (including phenoxy) is 1. The Kier molecular flexibility index (Phi) is 5.19. The monoisotopic (exact) mass is 314 g/mol. The summed E-state index contributed by atoms with van der Waals surface area (Å²) in [6.07, 6.45) is 0.285. The van der Waals surface area contributed by atoms with Crippen LogP contribution in [0.2, 0.25) is 0 Å². The molecule has 3 atom stereocenters. The van der Waals surface area contributed by atoms with E-state index in [-0.39, 0.29) is 14.8 Å². The van der Waals surface area contributed by atoms with Crippen LogP contribution in [-0.4, -0.2) is 43.1 Å². The minimum atomic E-state index is -0.102. The van der Waals surface area contributed by atoms with E-state index in [2.05, 4.69) is 12.6 Å². The highest BCUT2D eigenvalue weighted by Gasteiger charge is 2.48. The summed E-state index contributed by atoms with van der Waals surface area (Å²) in [5, 5.41) is 0.741. The number of hydrogen-bond donors (Lipinski definition) is 1. The zero-order valence-corrected chi connectivity index (χ0v) is 13.0. The Bertz CT molecular complexity index is 275. The molecule has 0 amide bonds. The summed E-state index contributed by atoms with van der Waals surface area (Å²) in [4.78, 5) is 10.9. The molecule has 0 bridgehead atoms. The van der Waals surface area contributed by atoms with E-state index in [0.29, 0.717) is 5.25 Å². The Labute approximate surface area is 119 Å². The van der Waals surface area contributed by atoms with Crippen molar-refractivity contribution in [2.45, 2.75) is 21.9 Å². The first-order valence-corrected chi connectivity index (χ1v) is 9.48. The largest absolute Gasteiger partial charge is 0.341 e. The maximum Gasteiger partial charge on any atom is 0.209 e. The standard InChI is InChI=1S/C9H14O2S5/c1-6(10)13-4-8-5-15-9(16-8)11-7(2-12)3-14-9/h7-8,12H,2-5H2,1H3. The summed E-state index contributed by atoms with van der Waals surface area (Å²) in [6, 6.07) is 0. The fourth-order valence-electron chi connectivity index (χ4n) is 1.45. The van der Waals surface area contributed by atoms with Gasteiger partial charge in [-0.2, -0.15) is 12.6 Å². The number of carbonyl (C=O) groups is 1. The summed E-state index contributed by atoms with van der Waals surface area (Å²) in [7, 11) is 0. The number of hydrogen-bond acceptors (Lipinski definition) is 7. The van der Waals surface area contributed by atoms with Gasteiger partial charge in [0.05, 0.1) is 6.10 Å². The third kappa shape index (κ3) is 3.45. The van der Waals surface area contributed by atoms with Gasteiger partial charge in [-0.1, -0.05) is 23.5 Å². The lowest BCUT2D eigenvalue weighted by Crippen LogP contribution is -2.18. The minimum absolute atomic E-state index is 0.102. The van der Waals surface area contributed by atoms with Gasteiger partial charge in [0.25, 0.3) is 0 Å². The predicted octanol–water partition coefficient (Wildman–Crippen LogP) is 2.79. The van der Waals surface area contributed by atoms with Gasteiger partial charge in [0, 0.05) is 35.2 Å². The quantitative estimate of drug-likeness (QED) is 0.805. The van der Waals surface area contributed by atoms with Crippen molar-refractivity contribution >= 4 is 64.8 Å². The first-order chi connectivity index (χ1) is 7.63. The molecule has 0 N–H and O–H groups in total. The van der Waals surface area contributed by atoms with Crippen molar-refractivity contribution in [3.05, 3.63) is 0 Å². The van der Waals surface area contributed by atoms with Crippen LogP contribution in [0.25, 0.3) is 0 Å². The van der Waals surface area contributed by atoms with E-state index in [1.165, 1.54) is 11.8 Å². The zero-order chi connectivity index (χ0) is 11.6. The maximum atomic E-state index is 10.9. The van der Waals surface area contributed by atoms with Crippen LogP contribution in [0.15, 0.2) is 0 Å². The van der Waals surface area contributed by atoms with Crippen LogP contribution in [0.3, 0.4) is 0 Å². The molecule has 16 heavy (non-hydrogen) atoms. The Morgan fingerprint density at radius 2 is 2.31 bits per heavy atom. The van der Waals surface area contributed by atoms with Crippen molar-refractivity contribution in [3.63, 3.8) is 0 Å². The van der Waals surface area contributed by atoms with E-state index in [9.17, 15) is 4.79 Å². The van der Waals surface area contributed by atoms with Crippen molar-refractivity contribution in [2.24, 2.45) is 0 Å². The topological polar surface area (TPSA) is 26.3 Å². The van der Waals surface area contributed by atoms with E-state index in [1.807, 2.05) is 35.3 Å². The lowest BCUT2D eigenvalue weighted by molar-refractivity contribution is -0.109. The summed E-state index contributed by atoms with van der Waals surface area (Å²) in [6.45, 7) is 1.63. The Morgan fingerprint density at radius 3 is 2.94 bits per heavy atom. The molecule has 0 saturated carbocycles. The molecule has 0 aromatic rings. The van der Waals surface area contributed by atoms with Gasteiger partial charge in [-0.15, -0.1) is 23.5 Å². The second-order valence-corrected chi connectivity index (χ2v) is 9.80. The van der Waals surface area contributed by atoms with Crippen LogP contribution in [0.1, 0.15) is 6.92 Å². The molecule has 1 spiro atoms. The fourth-order valence-corrected chi connectivity index (χ4v) is 8.08. The third-order valence-electron chi connectivity index (χ3n) is 2.19. The fraction of sp³-hybridized carbons (Fsp3) is 0.889. The minimum Gasteiger partial charge on any atom is -0.341 e. The van der Waals surface area contributed by atoms with Gasteiger partial charge in [-0.25, -0.2) is 0 Å². The average molecular weight is 315 g/mol. The van der Waals surface area contributed by atoms with Gasteiger partial charge in [-0.3, -0.25) is 4.79 Å². The highest BCUT2D eigenvalue weighted by atomic mass is 32.3. The first-order valence-electron chi connectivity index (χ1n) is 5.01. The van der Waals surface area contributed by atoms with Gasteiger partial charge in [0.2, 0.25) is 3.60 Å². The van der Waals surface area contributed by atoms with Crippen LogP contribution in [-0.2, 0) is 9.53 Å². The summed E-state index contributed by atoms with van der Waals surface area (Å²) >= 11 is 11.3. The van der Waals surface area contributed by atoms with Crippen LogP contribution in [0, 0.1) is 0 Å². The summed E-state index contributed by atoms with van der Waals surface area (Å²) in [5.41, 5.74) is 0. The molecule has 2 aliphatic heterocycles. The van der Waals surface area contributed by atoms with Crippen molar-refractivity contribution in [1.82, 2.24) is 0 Å². The van der Waals surface area contributed by atoms with E-state index in [4.69, 9.17) is 4.74 Å². The van der Waals surface area contributed by atoms with Crippen LogP contribution in [0.5, 0.6) is 0 Å². The van der Waals surface area contributed by atoms with Crippen LogP contribution in [0.4, 0.5) is 0 Å². The molecule has 92 valence electrons. The maximum absolute atomic E-state index is 10.9. The van der Waals surface area contributed by atoms with Crippen LogP contribution < -0.4 is 0 Å². The van der Waals surface area contributed by atoms with E-state index >= 15 is 0 Å². The second-order valence-electron chi connectivity index (χ2n) is 3.59. The van der Waals surface area contributed by atoms with Gasteiger partial charge < -0.3 is 4.74 Å². The molecular weight excluding hydrogens is 300 g/mol. The highest BCUT2D eigenvalue weighted by Crippen LogP contribution is 2.60. The highest BCUT2D eigenvalue weighted by molar-refractivity contribution is 8.36. The van der Waals surface area contributed by atoms with E-state index < -0.39 is 0 Å². The van der Waals surface area contributed by atoms with Crippen molar-refractivity contribution < 1.29 is 9.53 Å². The molecular formula is C9H14O2S5. The molecule has 0 aromatic carbocycles. The summed E-state index contributed by atoms with van der Waals surface area (Å²) < 4.78 is 5.91. The van der Waals surface area contributed by atoms with Gasteiger partial charge in [0.15, 0.2) is 5.12 Å². The number of thiol groups is 1. The van der Waals surface area contributed by atoms with Gasteiger partial charge in [-0.05, 0) is 0 Å². The third-order valence-corrected chi connectivity index (χ3v) is 9.05. The van der Waals surface area contributed by atoms with Crippen molar-refractivity contribution in [2.75, 3.05) is 23.0 Å². The normalized spacial score (nSPS) is 38.4. The summed E-state index contributed by atoms with van der Waals surface area (Å²) in [5.74, 6) is 3.82. The number of carbonyl (C=O) groups excluding carboxylic acids is 1. The zero-order valence-electron chi connectivity index (χ0n) is 8.88. The Balaban J connectivity index is 1.81. The molecule has 0 aromatic heterocycles. The lowest BCUT2D eigenvalue weighted by Gasteiger charge is -2.20. The van der Waals surface area contributed by atoms with Crippen LogP contribution >= 0.6 is 59.7 Å². The molecule has 0 radical (unpaired) electrons. The van der Waals surface area contributed by atoms with Crippen molar-refractivity contribution in [3.8, 4) is 0 Å². The molecule has 2 rings (SSSR count). The van der Waals surface area contributed by atoms with Gasteiger partial charge in [0.1, 0.15) is 0 Å². The molecule has 2 nitrogen and oxygen atoms in total. The Morgan fingerprint density at radius 1 is 1.56 bits per heavy atom. The lowest BCUT2D eigenvalue weighted by atomic mass is 10.5. The second kappa shape index (κ2) is 6.02. The molecule has 7 heteroatoms. The molecule has 0 aliphatic carbocycles. The molecule has 2 aliphatic rings. The SMILES string of the molecule is CC(=O)SCC1CSC2(OC(CS)CS2)S1. The molecule has 2 heterocycles. The molecule has 2 saturated heterocycles. The van der Waals surface area contributed by atoms with E-state index in [0.717, 1.165) is 23.0 Å². The number of rotatable bonds is 3. The number of thioether (sulfide) groups is 4. The molecule has 2 fully saturated rings. The van der Waals surface area contributed by atoms with Gasteiger partial charge >= 0.3 is 0 Å². The van der Waals surface area contributed by atoms with Crippen molar-refractivity contribution in [1.29, 1.82) is 0 Å².